The van der Waals surface area contributed by atoms with Gasteiger partial charge in [0.15, 0.2) is 5.82 Å². The molecule has 1 atom stereocenters. The fourth-order valence-electron chi connectivity index (χ4n) is 6.41. The van der Waals surface area contributed by atoms with E-state index in [1.54, 1.807) is 0 Å². The number of nitrogens with one attached hydrogen (secondary N) is 1. The van der Waals surface area contributed by atoms with Crippen LogP contribution >= 0.6 is 0 Å². The third-order valence-electron chi connectivity index (χ3n) is 7.93. The molecule has 1 fully saturated rings. The van der Waals surface area contributed by atoms with Crippen molar-refractivity contribution in [3.8, 4) is 0 Å². The first-order chi connectivity index (χ1) is 15.8. The number of benzene rings is 2. The molecule has 0 bridgehead atoms. The minimum atomic E-state index is -0.0887. The van der Waals surface area contributed by atoms with Crippen LogP contribution in [-0.2, 0) is 25.0 Å². The maximum atomic E-state index is 4.56. The molecule has 1 N–H and O–H groups in total. The lowest BCUT2D eigenvalue weighted by molar-refractivity contribution is -0.0549. The summed E-state index contributed by atoms with van der Waals surface area (Å²) in [6.45, 7) is 5.01. The molecule has 3 aliphatic heterocycles. The Balaban J connectivity index is 1.24. The van der Waals surface area contributed by atoms with Crippen molar-refractivity contribution in [3.05, 3.63) is 77.2 Å². The van der Waals surface area contributed by atoms with Crippen LogP contribution < -0.4 is 0 Å². The molecule has 2 aromatic heterocycles. The predicted octanol–water partition coefficient (Wildman–Crippen LogP) is 3.26. The number of piperidine rings is 1. The Kier molecular flexibility index (Phi) is 4.05. The Morgan fingerprint density at radius 3 is 2.66 bits per heavy atom. The van der Waals surface area contributed by atoms with E-state index >= 15 is 0 Å². The summed E-state index contributed by atoms with van der Waals surface area (Å²) in [5, 5.41) is 14.5. The Morgan fingerprint density at radius 2 is 1.78 bits per heavy atom. The number of fused-ring (bicyclic) bond motifs is 8. The Bertz CT molecular complexity index is 1270. The third-order valence-corrected chi connectivity index (χ3v) is 7.93. The zero-order valence-corrected chi connectivity index (χ0v) is 18.1. The fourth-order valence-corrected chi connectivity index (χ4v) is 6.41. The Morgan fingerprint density at radius 1 is 0.969 bits per heavy atom. The van der Waals surface area contributed by atoms with E-state index in [0.29, 0.717) is 6.04 Å². The van der Waals surface area contributed by atoms with Gasteiger partial charge in [0.2, 0.25) is 0 Å². The normalized spacial score (nSPS) is 22.6. The molecule has 0 amide bonds. The van der Waals surface area contributed by atoms with Crippen molar-refractivity contribution in [2.45, 2.75) is 43.9 Å². The summed E-state index contributed by atoms with van der Waals surface area (Å²) in [7, 11) is 0. The molecule has 2 aromatic carbocycles. The van der Waals surface area contributed by atoms with Crippen LogP contribution in [0.3, 0.4) is 0 Å². The highest BCUT2D eigenvalue weighted by Gasteiger charge is 2.53. The van der Waals surface area contributed by atoms with Gasteiger partial charge in [-0.25, -0.2) is 4.68 Å². The molecule has 7 rings (SSSR count). The lowest BCUT2D eigenvalue weighted by Crippen LogP contribution is -2.60. The second-order valence-corrected chi connectivity index (χ2v) is 9.50. The molecule has 1 spiro atoms. The van der Waals surface area contributed by atoms with E-state index in [1.807, 2.05) is 0 Å². The average molecular weight is 426 g/mol. The number of hydrogen-bond acceptors (Lipinski definition) is 5. The van der Waals surface area contributed by atoms with Crippen LogP contribution in [0.15, 0.2) is 54.6 Å². The Labute approximate surface area is 187 Å². The third kappa shape index (κ3) is 2.64. The molecule has 7 heteroatoms. The summed E-state index contributed by atoms with van der Waals surface area (Å²) in [4.78, 5) is 9.08. The van der Waals surface area contributed by atoms with Crippen LogP contribution in [0.4, 0.5) is 0 Å². The number of aromatic nitrogens is 5. The topological polar surface area (TPSA) is 65.9 Å². The summed E-state index contributed by atoms with van der Waals surface area (Å²) in [5.41, 5.74) is 5.39. The molecule has 1 saturated heterocycles. The summed E-state index contributed by atoms with van der Waals surface area (Å²) < 4.78 is 2.08. The fraction of sp³-hybridized carbons (Fsp3) is 0.400. The van der Waals surface area contributed by atoms with Gasteiger partial charge in [-0.1, -0.05) is 48.5 Å². The molecule has 32 heavy (non-hydrogen) atoms. The maximum Gasteiger partial charge on any atom is 0.171 e. The number of nitrogens with zero attached hydrogens (tertiary/aromatic N) is 6. The van der Waals surface area contributed by atoms with Crippen molar-refractivity contribution < 1.29 is 0 Å². The predicted molar refractivity (Wildman–Crippen MR) is 122 cm³/mol. The van der Waals surface area contributed by atoms with Crippen molar-refractivity contribution in [1.29, 1.82) is 0 Å². The number of rotatable bonds is 2. The second-order valence-electron chi connectivity index (χ2n) is 9.50. The van der Waals surface area contributed by atoms with Crippen molar-refractivity contribution in [1.82, 2.24) is 35.0 Å². The molecule has 7 nitrogen and oxygen atoms in total. The number of para-hydroxylation sites is 1. The van der Waals surface area contributed by atoms with Crippen LogP contribution in [0, 0.1) is 0 Å². The van der Waals surface area contributed by atoms with Gasteiger partial charge in [0.25, 0.3) is 0 Å². The molecular weight excluding hydrogens is 398 g/mol. The zero-order valence-electron chi connectivity index (χ0n) is 18.1. The summed E-state index contributed by atoms with van der Waals surface area (Å²) in [5.74, 6) is 1.06. The van der Waals surface area contributed by atoms with Crippen LogP contribution in [0.25, 0.3) is 10.9 Å². The minimum Gasteiger partial charge on any atom is -0.357 e. The molecular formula is C25H27N7. The standard InChI is InChI=1S/C25H27N7/c1-2-6-18(7-3-1)16-30-14-11-25(12-15-30)24-27-28-29-32(24)17-22-23-20(10-13-31(22)25)19-8-4-5-9-21(19)26-23/h1-9,22,26H,10-17H2. The van der Waals surface area contributed by atoms with E-state index in [0.717, 1.165) is 57.8 Å². The lowest BCUT2D eigenvalue weighted by atomic mass is 9.79. The van der Waals surface area contributed by atoms with E-state index in [9.17, 15) is 0 Å². The molecule has 3 aliphatic rings. The van der Waals surface area contributed by atoms with E-state index < -0.39 is 0 Å². The molecule has 0 radical (unpaired) electrons. The molecule has 0 aliphatic carbocycles. The zero-order chi connectivity index (χ0) is 21.1. The number of aromatic amines is 1. The molecule has 1 unspecified atom stereocenters. The van der Waals surface area contributed by atoms with Gasteiger partial charge in [-0.15, -0.1) is 5.10 Å². The van der Waals surface area contributed by atoms with E-state index in [1.165, 1.54) is 27.7 Å². The van der Waals surface area contributed by atoms with Crippen LogP contribution in [0.5, 0.6) is 0 Å². The number of H-pyrrole nitrogens is 1. The van der Waals surface area contributed by atoms with Gasteiger partial charge in [0, 0.05) is 42.8 Å². The highest BCUT2D eigenvalue weighted by atomic mass is 15.6. The first kappa shape index (κ1) is 18.5. The first-order valence-corrected chi connectivity index (χ1v) is 11.7. The molecule has 4 aromatic rings. The summed E-state index contributed by atoms with van der Waals surface area (Å²) in [6, 6.07) is 19.8. The summed E-state index contributed by atoms with van der Waals surface area (Å²) >= 11 is 0. The second kappa shape index (κ2) is 6.98. The van der Waals surface area contributed by atoms with E-state index in [-0.39, 0.29) is 5.54 Å². The van der Waals surface area contributed by atoms with E-state index in [4.69, 9.17) is 0 Å². The maximum absolute atomic E-state index is 4.56. The van der Waals surface area contributed by atoms with Gasteiger partial charge in [0.05, 0.1) is 18.1 Å². The van der Waals surface area contributed by atoms with Crippen molar-refractivity contribution in [3.63, 3.8) is 0 Å². The number of tetrazole rings is 1. The quantitative estimate of drug-likeness (QED) is 0.534. The highest BCUT2D eigenvalue weighted by Crippen LogP contribution is 2.49. The van der Waals surface area contributed by atoms with Gasteiger partial charge in [-0.05, 0) is 46.9 Å². The number of likely N-dealkylation sites (tertiary alicyclic amines) is 1. The van der Waals surface area contributed by atoms with Gasteiger partial charge in [0.1, 0.15) is 0 Å². The molecule has 0 saturated carbocycles. The lowest BCUT2D eigenvalue weighted by Gasteiger charge is -2.54. The first-order valence-electron chi connectivity index (χ1n) is 11.7. The largest absolute Gasteiger partial charge is 0.357 e. The monoisotopic (exact) mass is 425 g/mol. The Hall–Kier alpha value is -3.03. The van der Waals surface area contributed by atoms with Crippen LogP contribution in [0.1, 0.15) is 41.5 Å². The summed E-state index contributed by atoms with van der Waals surface area (Å²) in [6.07, 6.45) is 3.20. The highest BCUT2D eigenvalue weighted by molar-refractivity contribution is 5.85. The van der Waals surface area contributed by atoms with Gasteiger partial charge < -0.3 is 4.98 Å². The molecule has 162 valence electrons. The van der Waals surface area contributed by atoms with Crippen LogP contribution in [0.2, 0.25) is 0 Å². The van der Waals surface area contributed by atoms with Gasteiger partial charge >= 0.3 is 0 Å². The van der Waals surface area contributed by atoms with Gasteiger partial charge in [-0.2, -0.15) is 0 Å². The smallest absolute Gasteiger partial charge is 0.171 e. The van der Waals surface area contributed by atoms with Crippen molar-refractivity contribution >= 4 is 10.9 Å². The SMILES string of the molecule is c1ccc(CN2CCC3(CC2)c2nnnn2CC2c4[nH]c5ccccc5c4CCN23)cc1. The minimum absolute atomic E-state index is 0.0887. The van der Waals surface area contributed by atoms with E-state index in [2.05, 4.69) is 89.6 Å². The van der Waals surface area contributed by atoms with Crippen molar-refractivity contribution in [2.75, 3.05) is 19.6 Å². The molecule has 5 heterocycles. The number of hydrogen-bond donors (Lipinski definition) is 1. The van der Waals surface area contributed by atoms with Crippen molar-refractivity contribution in [2.24, 2.45) is 0 Å². The average Bonchev–Trinajstić information content (AvgIpc) is 3.46. The van der Waals surface area contributed by atoms with Crippen LogP contribution in [-0.4, -0.2) is 54.6 Å². The van der Waals surface area contributed by atoms with Gasteiger partial charge in [-0.3, -0.25) is 9.80 Å².